The van der Waals surface area contributed by atoms with Crippen molar-refractivity contribution in [2.45, 2.75) is 50.8 Å². The van der Waals surface area contributed by atoms with Gasteiger partial charge >= 0.3 is 0 Å². The minimum atomic E-state index is -0.989. The second kappa shape index (κ2) is 8.85. The third-order valence-electron chi connectivity index (χ3n) is 7.60. The van der Waals surface area contributed by atoms with E-state index in [2.05, 4.69) is 25.9 Å². The van der Waals surface area contributed by atoms with E-state index in [0.717, 1.165) is 40.6 Å². The lowest BCUT2D eigenvalue weighted by Crippen LogP contribution is -2.42. The summed E-state index contributed by atoms with van der Waals surface area (Å²) in [4.78, 5) is 16.4. The van der Waals surface area contributed by atoms with Crippen LogP contribution in [0.5, 0.6) is 0 Å². The predicted molar refractivity (Wildman–Crippen MR) is 131 cm³/mol. The minimum Gasteiger partial charge on any atom is -0.367 e. The van der Waals surface area contributed by atoms with Gasteiger partial charge in [-0.1, -0.05) is 49.5 Å². The molecule has 1 aliphatic carbocycles. The first-order valence-corrected chi connectivity index (χ1v) is 12.3. The van der Waals surface area contributed by atoms with E-state index in [1.165, 1.54) is 36.8 Å². The second-order valence-corrected chi connectivity index (χ2v) is 9.69. The minimum absolute atomic E-state index is 0.0531. The number of hydrogen-bond donors (Lipinski definition) is 4. The standard InChI is InChI=1S/C26H30N6O2/c33-25(24-19(12-13-27-24)16-6-2-1-3-7-16)28-18-10-11-20-17(14-18)15-22(29-20)26(34)32-23-9-5-4-8-21(23)30-31-32/h4-5,8-11,14-16,19,24,26-27,29,34H,1-3,6-7,12-13H2,(H,28,33)/t19-,24-,26?/m0/s1. The van der Waals surface area contributed by atoms with Gasteiger partial charge < -0.3 is 20.7 Å². The van der Waals surface area contributed by atoms with E-state index in [4.69, 9.17) is 0 Å². The van der Waals surface area contributed by atoms with Crippen LogP contribution in [0.1, 0.15) is 50.4 Å². The first kappa shape index (κ1) is 21.3. The van der Waals surface area contributed by atoms with Crippen LogP contribution in [-0.2, 0) is 4.79 Å². The Morgan fingerprint density at radius 3 is 2.82 bits per heavy atom. The van der Waals surface area contributed by atoms with Gasteiger partial charge in [-0.3, -0.25) is 4.79 Å². The van der Waals surface area contributed by atoms with Gasteiger partial charge in [0.1, 0.15) is 5.52 Å². The van der Waals surface area contributed by atoms with Gasteiger partial charge in [0.05, 0.1) is 17.3 Å². The van der Waals surface area contributed by atoms with E-state index < -0.39 is 6.23 Å². The molecule has 4 aromatic rings. The Balaban J connectivity index is 1.20. The molecule has 0 spiro atoms. The van der Waals surface area contributed by atoms with Crippen LogP contribution in [0.15, 0.2) is 48.5 Å². The molecule has 8 heteroatoms. The van der Waals surface area contributed by atoms with Crippen LogP contribution in [0.25, 0.3) is 21.9 Å². The molecule has 1 saturated carbocycles. The zero-order valence-electron chi connectivity index (χ0n) is 19.1. The van der Waals surface area contributed by atoms with Crippen LogP contribution in [0.4, 0.5) is 5.69 Å². The number of aliphatic hydroxyl groups excluding tert-OH is 1. The summed E-state index contributed by atoms with van der Waals surface area (Å²) in [5.74, 6) is 1.14. The predicted octanol–water partition coefficient (Wildman–Crippen LogP) is 3.95. The smallest absolute Gasteiger partial charge is 0.241 e. The number of benzene rings is 2. The average Bonchev–Trinajstić information content (AvgIpc) is 3.62. The number of rotatable bonds is 5. The highest BCUT2D eigenvalue weighted by molar-refractivity contribution is 5.97. The third kappa shape index (κ3) is 3.86. The van der Waals surface area contributed by atoms with Gasteiger partial charge in [0.2, 0.25) is 5.91 Å². The maximum Gasteiger partial charge on any atom is 0.241 e. The van der Waals surface area contributed by atoms with Crippen molar-refractivity contribution in [3.8, 4) is 0 Å². The number of fused-ring (bicyclic) bond motifs is 2. The summed E-state index contributed by atoms with van der Waals surface area (Å²) < 4.78 is 1.50. The van der Waals surface area contributed by atoms with Crippen LogP contribution < -0.4 is 10.6 Å². The molecule has 4 N–H and O–H groups in total. The number of nitrogens with one attached hydrogen (secondary N) is 3. The maximum atomic E-state index is 13.2. The summed E-state index contributed by atoms with van der Waals surface area (Å²) in [5.41, 5.74) is 3.76. The number of nitrogens with zero attached hydrogens (tertiary/aromatic N) is 3. The van der Waals surface area contributed by atoms with Crippen LogP contribution in [-0.4, -0.2) is 43.6 Å². The number of amides is 1. The third-order valence-corrected chi connectivity index (χ3v) is 7.60. The van der Waals surface area contributed by atoms with Crippen molar-refractivity contribution >= 4 is 33.5 Å². The monoisotopic (exact) mass is 458 g/mol. The Morgan fingerprint density at radius 2 is 1.94 bits per heavy atom. The number of aromatic amines is 1. The molecule has 0 radical (unpaired) electrons. The van der Waals surface area contributed by atoms with E-state index in [1.807, 2.05) is 48.5 Å². The van der Waals surface area contributed by atoms with Gasteiger partial charge in [-0.25, -0.2) is 4.68 Å². The van der Waals surface area contributed by atoms with E-state index in [1.54, 1.807) is 0 Å². The van der Waals surface area contributed by atoms with Crippen molar-refractivity contribution in [3.05, 3.63) is 54.2 Å². The Hall–Kier alpha value is -3.23. The Bertz CT molecular complexity index is 1320. The molecule has 3 heterocycles. The zero-order valence-corrected chi connectivity index (χ0v) is 19.1. The number of carbonyl (C=O) groups is 1. The molecular formula is C26H30N6O2. The molecule has 3 atom stereocenters. The Labute approximate surface area is 197 Å². The highest BCUT2D eigenvalue weighted by atomic mass is 16.3. The van der Waals surface area contributed by atoms with Gasteiger partial charge in [-0.2, -0.15) is 0 Å². The SMILES string of the molecule is O=C(Nc1ccc2[nH]c(C(O)n3nnc4ccccc43)cc2c1)[C@H]1NCC[C@H]1C1CCCCC1. The van der Waals surface area contributed by atoms with Crippen molar-refractivity contribution < 1.29 is 9.90 Å². The van der Waals surface area contributed by atoms with E-state index in [0.29, 0.717) is 17.5 Å². The van der Waals surface area contributed by atoms with Crippen molar-refractivity contribution in [1.29, 1.82) is 0 Å². The van der Waals surface area contributed by atoms with Crippen molar-refractivity contribution in [3.63, 3.8) is 0 Å². The van der Waals surface area contributed by atoms with Crippen LogP contribution in [0.2, 0.25) is 0 Å². The summed E-state index contributed by atoms with van der Waals surface area (Å²) in [6, 6.07) is 15.1. The van der Waals surface area contributed by atoms with Crippen LogP contribution in [0.3, 0.4) is 0 Å². The Kier molecular flexibility index (Phi) is 5.55. The highest BCUT2D eigenvalue weighted by Crippen LogP contribution is 2.36. The summed E-state index contributed by atoms with van der Waals surface area (Å²) in [6.45, 7) is 0.911. The van der Waals surface area contributed by atoms with Crippen molar-refractivity contribution in [2.24, 2.45) is 11.8 Å². The molecule has 6 rings (SSSR count). The molecule has 8 nitrogen and oxygen atoms in total. The quantitative estimate of drug-likeness (QED) is 0.362. The van der Waals surface area contributed by atoms with Crippen molar-refractivity contribution in [2.75, 3.05) is 11.9 Å². The molecule has 2 fully saturated rings. The van der Waals surface area contributed by atoms with Crippen molar-refractivity contribution in [1.82, 2.24) is 25.3 Å². The van der Waals surface area contributed by atoms with E-state index >= 15 is 0 Å². The second-order valence-electron chi connectivity index (χ2n) is 9.69. The molecule has 176 valence electrons. The van der Waals surface area contributed by atoms with E-state index in [-0.39, 0.29) is 11.9 Å². The van der Waals surface area contributed by atoms with E-state index in [9.17, 15) is 9.90 Å². The highest BCUT2D eigenvalue weighted by Gasteiger charge is 2.38. The molecule has 34 heavy (non-hydrogen) atoms. The summed E-state index contributed by atoms with van der Waals surface area (Å²) >= 11 is 0. The van der Waals surface area contributed by atoms with Gasteiger partial charge in [-0.05, 0) is 61.2 Å². The zero-order chi connectivity index (χ0) is 23.1. The van der Waals surface area contributed by atoms with Gasteiger partial charge in [0.15, 0.2) is 6.23 Å². The largest absolute Gasteiger partial charge is 0.367 e. The molecule has 1 amide bonds. The van der Waals surface area contributed by atoms with Gasteiger partial charge in [-0.15, -0.1) is 5.10 Å². The number of carbonyl (C=O) groups excluding carboxylic acids is 1. The first-order valence-electron chi connectivity index (χ1n) is 12.3. The summed E-state index contributed by atoms with van der Waals surface area (Å²) in [5, 5.41) is 26.7. The van der Waals surface area contributed by atoms with Gasteiger partial charge in [0, 0.05) is 16.6 Å². The average molecular weight is 459 g/mol. The molecule has 2 aromatic heterocycles. The molecule has 1 unspecified atom stereocenters. The summed E-state index contributed by atoms with van der Waals surface area (Å²) in [7, 11) is 0. The molecule has 0 bridgehead atoms. The lowest BCUT2D eigenvalue weighted by Gasteiger charge is -2.30. The molecule has 2 aromatic carbocycles. The number of para-hydroxylation sites is 1. The molecule has 1 saturated heterocycles. The number of aliphatic hydroxyl groups is 1. The van der Waals surface area contributed by atoms with Crippen LogP contribution in [0, 0.1) is 11.8 Å². The first-order chi connectivity index (χ1) is 16.7. The molecular weight excluding hydrogens is 428 g/mol. The lowest BCUT2D eigenvalue weighted by molar-refractivity contribution is -0.119. The fourth-order valence-electron chi connectivity index (χ4n) is 5.87. The fourth-order valence-corrected chi connectivity index (χ4v) is 5.87. The number of H-pyrrole nitrogens is 1. The maximum absolute atomic E-state index is 13.2. The van der Waals surface area contributed by atoms with Crippen LogP contribution >= 0.6 is 0 Å². The normalized spacial score (nSPS) is 22.4. The molecule has 1 aliphatic heterocycles. The number of aromatic nitrogens is 4. The van der Waals surface area contributed by atoms with Gasteiger partial charge in [0.25, 0.3) is 0 Å². The fraction of sp³-hybridized carbons (Fsp3) is 0.423. The number of hydrogen-bond acceptors (Lipinski definition) is 5. The Morgan fingerprint density at radius 1 is 1.09 bits per heavy atom. The summed E-state index contributed by atoms with van der Waals surface area (Å²) in [6.07, 6.45) is 6.49. The molecule has 2 aliphatic rings. The topological polar surface area (TPSA) is 108 Å². The number of anilines is 1. The lowest BCUT2D eigenvalue weighted by atomic mass is 9.76.